The normalized spacial score (nSPS) is 11.0. The topological polar surface area (TPSA) is 115 Å². The zero-order valence-corrected chi connectivity index (χ0v) is 15.4. The second-order valence-electron chi connectivity index (χ2n) is 6.71. The third kappa shape index (κ3) is 3.48. The largest absolute Gasteiger partial charge is 0.393 e. The molecule has 0 fully saturated rings. The highest BCUT2D eigenvalue weighted by atomic mass is 19.1. The summed E-state index contributed by atoms with van der Waals surface area (Å²) in [6.45, 7) is 0. The molecule has 0 bridgehead atoms. The van der Waals surface area contributed by atoms with Crippen LogP contribution >= 0.6 is 0 Å². The van der Waals surface area contributed by atoms with Crippen molar-refractivity contribution in [2.24, 2.45) is 0 Å². The van der Waals surface area contributed by atoms with Crippen LogP contribution in [0.5, 0.6) is 0 Å². The van der Waals surface area contributed by atoms with Gasteiger partial charge in [0.25, 0.3) is 11.2 Å². The lowest BCUT2D eigenvalue weighted by atomic mass is 9.98. The van der Waals surface area contributed by atoms with E-state index in [1.807, 2.05) is 0 Å². The molecule has 0 aliphatic heterocycles. The number of nitrogens with one attached hydrogen (secondary N) is 1. The average molecular weight is 408 g/mol. The second kappa shape index (κ2) is 7.36. The van der Waals surface area contributed by atoms with Gasteiger partial charge in [-0.2, -0.15) is 5.10 Å². The molecule has 0 amide bonds. The Morgan fingerprint density at radius 3 is 2.60 bits per heavy atom. The molecule has 3 N–H and O–H groups in total. The number of H-pyrrole nitrogens is 1. The highest BCUT2D eigenvalue weighted by Gasteiger charge is 2.16. The number of hydrogen-bond acceptors (Lipinski definition) is 5. The van der Waals surface area contributed by atoms with Crippen LogP contribution in [0.25, 0.3) is 21.9 Å². The lowest BCUT2D eigenvalue weighted by Gasteiger charge is -2.09. The molecule has 0 spiro atoms. The van der Waals surface area contributed by atoms with Crippen LogP contribution < -0.4 is 11.3 Å². The third-order valence-corrected chi connectivity index (χ3v) is 4.77. The van der Waals surface area contributed by atoms with E-state index in [1.54, 1.807) is 12.1 Å². The fraction of sp³-hybridized carbons (Fsp3) is 0.0476. The van der Waals surface area contributed by atoms with Gasteiger partial charge in [-0.1, -0.05) is 12.1 Å². The van der Waals surface area contributed by atoms with Crippen LogP contribution in [-0.2, 0) is 6.42 Å². The molecule has 1 heterocycles. The Kier molecular flexibility index (Phi) is 4.71. The number of nitro benzene ring substituents is 1. The van der Waals surface area contributed by atoms with Gasteiger partial charge in [0, 0.05) is 23.4 Å². The van der Waals surface area contributed by atoms with Gasteiger partial charge in [0.15, 0.2) is 0 Å². The van der Waals surface area contributed by atoms with Crippen molar-refractivity contribution >= 4 is 22.1 Å². The first-order valence-corrected chi connectivity index (χ1v) is 8.83. The number of nitrogen functional groups attached to an aromatic ring is 1. The molecule has 30 heavy (non-hydrogen) atoms. The molecule has 150 valence electrons. The molecule has 3 aromatic carbocycles. The minimum atomic E-state index is -0.629. The third-order valence-electron chi connectivity index (χ3n) is 4.77. The molecule has 4 rings (SSSR count). The summed E-state index contributed by atoms with van der Waals surface area (Å²) >= 11 is 0. The summed E-state index contributed by atoms with van der Waals surface area (Å²) in [6, 6.07) is 12.2. The number of halogens is 2. The predicted octanol–water partition coefficient (Wildman–Crippen LogP) is 3.95. The van der Waals surface area contributed by atoms with Crippen molar-refractivity contribution in [3.05, 3.63) is 98.0 Å². The fourth-order valence-corrected chi connectivity index (χ4v) is 3.30. The summed E-state index contributed by atoms with van der Waals surface area (Å²) in [6.07, 6.45) is 0.225. The van der Waals surface area contributed by atoms with Crippen molar-refractivity contribution < 1.29 is 13.7 Å². The monoisotopic (exact) mass is 408 g/mol. The van der Waals surface area contributed by atoms with Crippen LogP contribution in [0, 0.1) is 21.7 Å². The average Bonchev–Trinajstić information content (AvgIpc) is 2.72. The van der Waals surface area contributed by atoms with Gasteiger partial charge < -0.3 is 5.73 Å². The molecule has 0 atom stereocenters. The molecule has 7 nitrogen and oxygen atoms in total. The summed E-state index contributed by atoms with van der Waals surface area (Å²) < 4.78 is 28.0. The summed E-state index contributed by atoms with van der Waals surface area (Å²) in [5, 5.41) is 18.2. The Balaban J connectivity index is 1.78. The predicted molar refractivity (Wildman–Crippen MR) is 108 cm³/mol. The first-order valence-electron chi connectivity index (χ1n) is 8.83. The molecule has 0 unspecified atom stereocenters. The van der Waals surface area contributed by atoms with Gasteiger partial charge in [0.1, 0.15) is 17.3 Å². The lowest BCUT2D eigenvalue weighted by molar-refractivity contribution is -0.383. The van der Waals surface area contributed by atoms with E-state index < -0.39 is 22.1 Å². The molecule has 0 aliphatic carbocycles. The van der Waals surface area contributed by atoms with Gasteiger partial charge >= 0.3 is 0 Å². The zero-order chi connectivity index (χ0) is 21.4. The molecule has 1 aromatic heterocycles. The maximum atomic E-state index is 14.5. The number of anilines is 1. The number of aromatic nitrogens is 2. The molecule has 0 aliphatic rings. The van der Waals surface area contributed by atoms with Crippen LogP contribution in [0.2, 0.25) is 0 Å². The smallest absolute Gasteiger partial charge is 0.292 e. The first-order chi connectivity index (χ1) is 14.3. The van der Waals surface area contributed by atoms with Gasteiger partial charge in [0.2, 0.25) is 0 Å². The van der Waals surface area contributed by atoms with E-state index in [-0.39, 0.29) is 28.7 Å². The van der Waals surface area contributed by atoms with E-state index in [2.05, 4.69) is 10.2 Å². The van der Waals surface area contributed by atoms with Gasteiger partial charge in [-0.25, -0.2) is 13.9 Å². The fourth-order valence-electron chi connectivity index (χ4n) is 3.30. The summed E-state index contributed by atoms with van der Waals surface area (Å²) in [7, 11) is 0. The highest BCUT2D eigenvalue weighted by Crippen LogP contribution is 2.31. The van der Waals surface area contributed by atoms with Crippen LogP contribution in [0.1, 0.15) is 11.3 Å². The lowest BCUT2D eigenvalue weighted by Crippen LogP contribution is -2.11. The number of nitro groups is 1. The highest BCUT2D eigenvalue weighted by molar-refractivity contribution is 5.84. The number of rotatable bonds is 4. The van der Waals surface area contributed by atoms with Crippen molar-refractivity contribution in [1.82, 2.24) is 10.2 Å². The van der Waals surface area contributed by atoms with E-state index in [1.165, 1.54) is 36.4 Å². The Bertz CT molecular complexity index is 1370. The van der Waals surface area contributed by atoms with E-state index in [4.69, 9.17) is 5.73 Å². The maximum Gasteiger partial charge on any atom is 0.292 e. The Labute approximate surface area is 167 Å². The number of benzene rings is 3. The minimum Gasteiger partial charge on any atom is -0.393 e. The molecule has 0 radical (unpaired) electrons. The Hall–Kier alpha value is -4.14. The standard InChI is InChI=1S/C21H14F2N4O3/c22-13-3-4-14-16(10-13)21(28)26-25-19(14)8-11-1-5-17(23)15(7-11)12-2-6-18(24)20(9-12)27(29)30/h1-7,9-10H,8,24H2,(H,26,28). The molecule has 0 saturated carbocycles. The van der Waals surface area contributed by atoms with E-state index in [9.17, 15) is 23.7 Å². The van der Waals surface area contributed by atoms with Crippen LogP contribution in [0.3, 0.4) is 0 Å². The molecule has 4 aromatic rings. The van der Waals surface area contributed by atoms with Crippen LogP contribution in [-0.4, -0.2) is 15.1 Å². The van der Waals surface area contributed by atoms with Gasteiger partial charge in [0.05, 0.1) is 16.0 Å². The van der Waals surface area contributed by atoms with E-state index in [0.29, 0.717) is 22.2 Å². The van der Waals surface area contributed by atoms with Crippen molar-refractivity contribution in [2.75, 3.05) is 5.73 Å². The molecular weight excluding hydrogens is 394 g/mol. The second-order valence-corrected chi connectivity index (χ2v) is 6.71. The number of nitrogens with zero attached hydrogens (tertiary/aromatic N) is 2. The maximum absolute atomic E-state index is 14.5. The Morgan fingerprint density at radius 2 is 1.83 bits per heavy atom. The Morgan fingerprint density at radius 1 is 1.03 bits per heavy atom. The number of hydrogen-bond donors (Lipinski definition) is 2. The summed E-state index contributed by atoms with van der Waals surface area (Å²) in [5.41, 5.74) is 6.36. The van der Waals surface area contributed by atoms with E-state index in [0.717, 1.165) is 6.07 Å². The van der Waals surface area contributed by atoms with Crippen LogP contribution in [0.4, 0.5) is 20.2 Å². The summed E-state index contributed by atoms with van der Waals surface area (Å²) in [5.74, 6) is -1.10. The van der Waals surface area contributed by atoms with Gasteiger partial charge in [-0.05, 0) is 47.5 Å². The van der Waals surface area contributed by atoms with Crippen molar-refractivity contribution in [3.63, 3.8) is 0 Å². The van der Waals surface area contributed by atoms with E-state index >= 15 is 0 Å². The van der Waals surface area contributed by atoms with Crippen molar-refractivity contribution in [2.45, 2.75) is 6.42 Å². The number of fused-ring (bicyclic) bond motifs is 1. The van der Waals surface area contributed by atoms with Crippen molar-refractivity contribution in [3.8, 4) is 11.1 Å². The van der Waals surface area contributed by atoms with Crippen molar-refractivity contribution in [1.29, 1.82) is 0 Å². The quantitative estimate of drug-likeness (QED) is 0.301. The molecule has 9 heteroatoms. The number of nitrogens with two attached hydrogens (primary N) is 1. The minimum absolute atomic E-state index is 0.0172. The zero-order valence-electron chi connectivity index (χ0n) is 15.4. The summed E-state index contributed by atoms with van der Waals surface area (Å²) in [4.78, 5) is 22.4. The van der Waals surface area contributed by atoms with Gasteiger partial charge in [-0.3, -0.25) is 14.9 Å². The molecule has 0 saturated heterocycles. The molecular formula is C21H14F2N4O3. The number of aromatic amines is 1. The van der Waals surface area contributed by atoms with Gasteiger partial charge in [-0.15, -0.1) is 0 Å². The first kappa shape index (κ1) is 19.2. The van der Waals surface area contributed by atoms with Crippen LogP contribution in [0.15, 0.2) is 59.4 Å². The SMILES string of the molecule is Nc1ccc(-c2cc(Cc3n[nH]c(=O)c4cc(F)ccc34)ccc2F)cc1[N+](=O)[O-].